The van der Waals surface area contributed by atoms with Crippen LogP contribution < -0.4 is 5.32 Å². The molecular weight excluding hydrogens is 462 g/mol. The highest BCUT2D eigenvalue weighted by molar-refractivity contribution is 7.26. The Bertz CT molecular complexity index is 1580. The summed E-state index contributed by atoms with van der Waals surface area (Å²) in [6.45, 7) is 6.89. The number of nitrogens with zero attached hydrogens (tertiary/aromatic N) is 2. The van der Waals surface area contributed by atoms with Gasteiger partial charge in [-0.2, -0.15) is 0 Å². The van der Waals surface area contributed by atoms with Gasteiger partial charge in [-0.25, -0.2) is 4.98 Å². The van der Waals surface area contributed by atoms with Gasteiger partial charge in [-0.05, 0) is 59.9 Å². The number of imidazole rings is 1. The summed E-state index contributed by atoms with van der Waals surface area (Å²) in [5, 5.41) is 5.88. The summed E-state index contributed by atoms with van der Waals surface area (Å²) in [7, 11) is 0. The summed E-state index contributed by atoms with van der Waals surface area (Å²) in [6.07, 6.45) is 6.65. The molecule has 1 fully saturated rings. The van der Waals surface area contributed by atoms with Gasteiger partial charge in [0.2, 0.25) is 0 Å². The molecule has 0 saturated heterocycles. The summed E-state index contributed by atoms with van der Waals surface area (Å²) in [5.74, 6) is 0.552. The van der Waals surface area contributed by atoms with Gasteiger partial charge in [0.25, 0.3) is 5.91 Å². The largest absolute Gasteiger partial charge is 0.348 e. The van der Waals surface area contributed by atoms with E-state index in [9.17, 15) is 4.79 Å². The monoisotopic (exact) mass is 493 g/mol. The number of hydrogen-bond acceptors (Lipinski definition) is 3. The number of benzene rings is 3. The van der Waals surface area contributed by atoms with E-state index in [0.717, 1.165) is 24.1 Å². The Morgan fingerprint density at radius 1 is 1.03 bits per heavy atom. The number of hydrogen-bond donors (Lipinski definition) is 1. The Balaban J connectivity index is 1.33. The first kappa shape index (κ1) is 23.0. The lowest BCUT2D eigenvalue weighted by atomic mass is 9.70. The number of rotatable bonds is 4. The van der Waals surface area contributed by atoms with E-state index in [1.807, 2.05) is 22.0 Å². The van der Waals surface area contributed by atoms with Gasteiger partial charge in [0, 0.05) is 31.9 Å². The second-order valence-corrected chi connectivity index (χ2v) is 12.1. The maximum absolute atomic E-state index is 13.3. The Hall–Kier alpha value is -3.44. The first-order valence-electron chi connectivity index (χ1n) is 12.7. The van der Waals surface area contributed by atoms with Gasteiger partial charge in [0.15, 0.2) is 0 Å². The molecule has 4 nitrogen and oxygen atoms in total. The van der Waals surface area contributed by atoms with Crippen LogP contribution in [0, 0.1) is 11.3 Å². The minimum atomic E-state index is -0.0561. The van der Waals surface area contributed by atoms with Crippen LogP contribution in [0.2, 0.25) is 0 Å². The van der Waals surface area contributed by atoms with Crippen molar-refractivity contribution in [1.29, 1.82) is 0 Å². The normalized spacial score (nSPS) is 19.5. The highest BCUT2D eigenvalue weighted by atomic mass is 32.1. The fourth-order valence-electron chi connectivity index (χ4n) is 6.18. The maximum Gasteiger partial charge on any atom is 0.270 e. The smallest absolute Gasteiger partial charge is 0.270 e. The Kier molecular flexibility index (Phi) is 5.68. The van der Waals surface area contributed by atoms with Gasteiger partial charge in [-0.1, -0.05) is 69.3 Å². The molecule has 0 radical (unpaired) electrons. The quantitative estimate of drug-likeness (QED) is 0.277. The van der Waals surface area contributed by atoms with Gasteiger partial charge in [0.1, 0.15) is 5.69 Å². The van der Waals surface area contributed by atoms with Crippen LogP contribution in [0.1, 0.15) is 50.5 Å². The van der Waals surface area contributed by atoms with E-state index in [2.05, 4.69) is 91.7 Å². The number of aromatic nitrogens is 2. The third-order valence-corrected chi connectivity index (χ3v) is 8.65. The molecule has 6 rings (SSSR count). The molecule has 5 heteroatoms. The van der Waals surface area contributed by atoms with E-state index < -0.39 is 0 Å². The number of carbonyl (C=O) groups is 1. The maximum atomic E-state index is 13.3. The Morgan fingerprint density at radius 2 is 1.83 bits per heavy atom. The topological polar surface area (TPSA) is 46.9 Å². The predicted octanol–water partition coefficient (Wildman–Crippen LogP) is 7.85. The van der Waals surface area contributed by atoms with Crippen LogP contribution in [0.4, 0.5) is 0 Å². The zero-order valence-electron chi connectivity index (χ0n) is 21.0. The highest BCUT2D eigenvalue weighted by Gasteiger charge is 2.33. The number of nitrogens with one attached hydrogen (secondary N) is 1. The van der Waals surface area contributed by atoms with Crippen LogP contribution in [0.3, 0.4) is 0 Å². The van der Waals surface area contributed by atoms with Crippen molar-refractivity contribution in [2.45, 2.75) is 46.1 Å². The van der Waals surface area contributed by atoms with Crippen molar-refractivity contribution in [3.8, 4) is 16.8 Å². The van der Waals surface area contributed by atoms with Crippen molar-refractivity contribution in [3.05, 3.63) is 84.9 Å². The second kappa shape index (κ2) is 8.90. The van der Waals surface area contributed by atoms with Crippen LogP contribution in [0.25, 0.3) is 37.0 Å². The molecule has 36 heavy (non-hydrogen) atoms. The van der Waals surface area contributed by atoms with Crippen LogP contribution in [-0.4, -0.2) is 21.5 Å². The highest BCUT2D eigenvalue weighted by Crippen LogP contribution is 2.40. The van der Waals surface area contributed by atoms with E-state index in [4.69, 9.17) is 0 Å². The van der Waals surface area contributed by atoms with Gasteiger partial charge in [0.05, 0.1) is 12.5 Å². The van der Waals surface area contributed by atoms with E-state index >= 15 is 0 Å². The molecule has 2 aromatic heterocycles. The molecule has 0 bridgehead atoms. The van der Waals surface area contributed by atoms with Crippen molar-refractivity contribution < 1.29 is 4.79 Å². The molecule has 182 valence electrons. The van der Waals surface area contributed by atoms with E-state index in [-0.39, 0.29) is 17.4 Å². The second-order valence-electron chi connectivity index (χ2n) is 11.1. The Morgan fingerprint density at radius 3 is 2.69 bits per heavy atom. The molecule has 0 aliphatic heterocycles. The number of amides is 1. The van der Waals surface area contributed by atoms with Crippen LogP contribution in [0.15, 0.2) is 79.3 Å². The zero-order valence-corrected chi connectivity index (χ0v) is 21.8. The standard InChI is InChI=1S/C31H31N3OS/c1-20-14-22(17-31(2,3)16-20)33-30(35)27-18-32-19-34(27)23-9-6-8-21(15-23)24-11-7-12-26-25-10-4-5-13-28(25)36-29(24)26/h4-13,15,18-20,22H,14,16-17H2,1-3H3,(H,33,35)/t20-,22-/m0/s1. The predicted molar refractivity (Wildman–Crippen MR) is 150 cm³/mol. The summed E-state index contributed by atoms with van der Waals surface area (Å²) in [5.41, 5.74) is 4.10. The van der Waals surface area contributed by atoms with E-state index in [0.29, 0.717) is 11.6 Å². The number of fused-ring (bicyclic) bond motifs is 3. The molecule has 1 amide bonds. The number of carbonyl (C=O) groups excluding carboxylic acids is 1. The van der Waals surface area contributed by atoms with Crippen LogP contribution >= 0.6 is 11.3 Å². The molecule has 2 heterocycles. The molecule has 1 N–H and O–H groups in total. The van der Waals surface area contributed by atoms with Crippen molar-refractivity contribution in [2.24, 2.45) is 11.3 Å². The van der Waals surface area contributed by atoms with Crippen molar-refractivity contribution >= 4 is 37.4 Å². The van der Waals surface area contributed by atoms with Crippen molar-refractivity contribution in [3.63, 3.8) is 0 Å². The van der Waals surface area contributed by atoms with Gasteiger partial charge in [-0.15, -0.1) is 11.3 Å². The summed E-state index contributed by atoms with van der Waals surface area (Å²) < 4.78 is 4.49. The lowest BCUT2D eigenvalue weighted by Crippen LogP contribution is -2.43. The molecule has 1 aliphatic carbocycles. The average molecular weight is 494 g/mol. The summed E-state index contributed by atoms with van der Waals surface area (Å²) in [6, 6.07) is 23.7. The molecule has 2 atom stereocenters. The van der Waals surface area contributed by atoms with Gasteiger partial charge in [-0.3, -0.25) is 9.36 Å². The Labute approximate surface area is 216 Å². The molecule has 0 unspecified atom stereocenters. The minimum Gasteiger partial charge on any atom is -0.348 e. The first-order chi connectivity index (χ1) is 17.4. The third kappa shape index (κ3) is 4.22. The SMILES string of the molecule is C[C@H]1C[C@H](NC(=O)c2cncn2-c2cccc(-c3cccc4c3sc3ccccc34)c2)CC(C)(C)C1. The molecule has 3 aromatic carbocycles. The summed E-state index contributed by atoms with van der Waals surface area (Å²) >= 11 is 1.83. The van der Waals surface area contributed by atoms with Crippen molar-refractivity contribution in [1.82, 2.24) is 14.9 Å². The van der Waals surface area contributed by atoms with Gasteiger partial charge >= 0.3 is 0 Å². The molecular formula is C31H31N3OS. The van der Waals surface area contributed by atoms with E-state index in [1.54, 1.807) is 12.5 Å². The zero-order chi connectivity index (χ0) is 24.9. The van der Waals surface area contributed by atoms with Gasteiger partial charge < -0.3 is 5.32 Å². The van der Waals surface area contributed by atoms with Crippen LogP contribution in [-0.2, 0) is 0 Å². The first-order valence-corrected chi connectivity index (χ1v) is 13.5. The molecule has 0 spiro atoms. The van der Waals surface area contributed by atoms with E-state index in [1.165, 1.54) is 32.2 Å². The lowest BCUT2D eigenvalue weighted by molar-refractivity contribution is 0.0867. The molecule has 1 aliphatic rings. The lowest BCUT2D eigenvalue weighted by Gasteiger charge is -2.39. The fraction of sp³-hybridized carbons (Fsp3) is 0.290. The third-order valence-electron chi connectivity index (χ3n) is 7.43. The average Bonchev–Trinajstić information content (AvgIpc) is 3.48. The summed E-state index contributed by atoms with van der Waals surface area (Å²) in [4.78, 5) is 17.7. The van der Waals surface area contributed by atoms with Crippen LogP contribution in [0.5, 0.6) is 0 Å². The molecule has 1 saturated carbocycles. The fourth-order valence-corrected chi connectivity index (χ4v) is 7.42. The molecule has 5 aromatic rings. The minimum absolute atomic E-state index is 0.0561. The number of thiophene rings is 1. The van der Waals surface area contributed by atoms with Crippen molar-refractivity contribution in [2.75, 3.05) is 0 Å².